The van der Waals surface area contributed by atoms with Crippen LogP contribution in [0.4, 0.5) is 0 Å². The molecule has 0 amide bonds. The number of fused-ring (bicyclic) bond motifs is 1. The van der Waals surface area contributed by atoms with Crippen LogP contribution in [0.25, 0.3) is 0 Å². The van der Waals surface area contributed by atoms with Crippen LogP contribution in [0.1, 0.15) is 67.5 Å². The maximum Gasteiger partial charge on any atom is 0.0821 e. The minimum atomic E-state index is -0.272. The lowest BCUT2D eigenvalue weighted by atomic mass is 9.93. The molecule has 4 nitrogen and oxygen atoms in total. The van der Waals surface area contributed by atoms with Crippen LogP contribution in [0.15, 0.2) is 24.7 Å². The topological polar surface area (TPSA) is 43.0 Å². The highest BCUT2D eigenvalue weighted by Gasteiger charge is 2.20. The van der Waals surface area contributed by atoms with E-state index in [1.54, 1.807) is 0 Å². The third-order valence-corrected chi connectivity index (χ3v) is 4.99. The lowest BCUT2D eigenvalue weighted by Crippen LogP contribution is -2.06. The molecule has 0 bridgehead atoms. The summed E-state index contributed by atoms with van der Waals surface area (Å²) in [5, 5.41) is 14.8. The number of nitrogens with zero attached hydrogens (tertiary/aromatic N) is 3. The molecule has 4 rings (SSSR count). The third-order valence-electron chi connectivity index (χ3n) is 4.99. The van der Waals surface area contributed by atoms with Gasteiger partial charge in [0.25, 0.3) is 0 Å². The Hall–Kier alpha value is -1.55. The standard InChI is InChI=1S/C17H23N3O/c21-17-7-3-4-13-10-19(12-16(13)17)11-14-8-9-20(18-14)15-5-1-2-6-15/h8-10,12,15,17,21H,1-7,11H2. The summed E-state index contributed by atoms with van der Waals surface area (Å²) in [6.45, 7) is 0.805. The highest BCUT2D eigenvalue weighted by molar-refractivity contribution is 5.29. The Labute approximate surface area is 125 Å². The van der Waals surface area contributed by atoms with Gasteiger partial charge in [-0.25, -0.2) is 0 Å². The first-order chi connectivity index (χ1) is 10.3. The normalized spacial score (nSPS) is 22.6. The minimum absolute atomic E-state index is 0.272. The van der Waals surface area contributed by atoms with Gasteiger partial charge in [-0.2, -0.15) is 5.10 Å². The van der Waals surface area contributed by atoms with Crippen LogP contribution in [-0.2, 0) is 13.0 Å². The van der Waals surface area contributed by atoms with Gasteiger partial charge in [-0.15, -0.1) is 0 Å². The minimum Gasteiger partial charge on any atom is -0.388 e. The fourth-order valence-electron chi connectivity index (χ4n) is 3.84. The van der Waals surface area contributed by atoms with Crippen LogP contribution >= 0.6 is 0 Å². The van der Waals surface area contributed by atoms with Gasteiger partial charge in [-0.1, -0.05) is 12.8 Å². The summed E-state index contributed by atoms with van der Waals surface area (Å²) in [4.78, 5) is 0. The number of hydrogen-bond donors (Lipinski definition) is 1. The zero-order valence-corrected chi connectivity index (χ0v) is 12.4. The summed E-state index contributed by atoms with van der Waals surface area (Å²) in [7, 11) is 0. The van der Waals surface area contributed by atoms with Crippen molar-refractivity contribution in [2.75, 3.05) is 0 Å². The third kappa shape index (κ3) is 2.53. The molecule has 1 unspecified atom stereocenters. The monoisotopic (exact) mass is 285 g/mol. The van der Waals surface area contributed by atoms with E-state index in [1.807, 2.05) is 0 Å². The van der Waals surface area contributed by atoms with E-state index < -0.39 is 0 Å². The molecule has 4 heteroatoms. The molecule has 21 heavy (non-hydrogen) atoms. The van der Waals surface area contributed by atoms with E-state index in [1.165, 1.54) is 31.2 Å². The van der Waals surface area contributed by atoms with Crippen molar-refractivity contribution in [2.45, 2.75) is 63.6 Å². The molecular weight excluding hydrogens is 262 g/mol. The van der Waals surface area contributed by atoms with E-state index in [0.717, 1.165) is 37.1 Å². The van der Waals surface area contributed by atoms with E-state index in [0.29, 0.717) is 6.04 Å². The number of hydrogen-bond acceptors (Lipinski definition) is 2. The first-order valence-electron chi connectivity index (χ1n) is 8.20. The van der Waals surface area contributed by atoms with E-state index in [9.17, 15) is 5.11 Å². The Bertz CT molecular complexity index is 622. The van der Waals surface area contributed by atoms with Crippen molar-refractivity contribution >= 4 is 0 Å². The predicted molar refractivity (Wildman–Crippen MR) is 81.2 cm³/mol. The Morgan fingerprint density at radius 2 is 2.00 bits per heavy atom. The smallest absolute Gasteiger partial charge is 0.0821 e. The molecule has 0 saturated heterocycles. The number of rotatable bonds is 3. The van der Waals surface area contributed by atoms with Crippen LogP contribution in [0.2, 0.25) is 0 Å². The summed E-state index contributed by atoms with van der Waals surface area (Å²) >= 11 is 0. The Kier molecular flexibility index (Phi) is 3.34. The Morgan fingerprint density at radius 1 is 1.14 bits per heavy atom. The molecular formula is C17H23N3O. The summed E-state index contributed by atoms with van der Waals surface area (Å²) in [6.07, 6.45) is 14.4. The van der Waals surface area contributed by atoms with Crippen molar-refractivity contribution < 1.29 is 5.11 Å². The molecule has 1 saturated carbocycles. The van der Waals surface area contributed by atoms with E-state index in [-0.39, 0.29) is 6.10 Å². The van der Waals surface area contributed by atoms with Crippen LogP contribution in [0, 0.1) is 0 Å². The number of aliphatic hydroxyl groups is 1. The van der Waals surface area contributed by atoms with Gasteiger partial charge in [0, 0.05) is 24.2 Å². The average molecular weight is 285 g/mol. The van der Waals surface area contributed by atoms with Gasteiger partial charge in [0.15, 0.2) is 0 Å². The zero-order valence-electron chi connectivity index (χ0n) is 12.4. The molecule has 112 valence electrons. The van der Waals surface area contributed by atoms with Crippen molar-refractivity contribution in [3.8, 4) is 0 Å². The number of aryl methyl sites for hydroxylation is 1. The fourth-order valence-corrected chi connectivity index (χ4v) is 3.84. The lowest BCUT2D eigenvalue weighted by Gasteiger charge is -2.16. The van der Waals surface area contributed by atoms with Gasteiger partial charge in [-0.05, 0) is 43.7 Å². The molecule has 1 fully saturated rings. The van der Waals surface area contributed by atoms with Gasteiger partial charge in [0.2, 0.25) is 0 Å². The molecule has 2 aromatic heterocycles. The molecule has 1 N–H and O–H groups in total. The molecule has 0 aromatic carbocycles. The average Bonchev–Trinajstić information content (AvgIpc) is 3.18. The quantitative estimate of drug-likeness (QED) is 0.941. The van der Waals surface area contributed by atoms with Crippen molar-refractivity contribution in [2.24, 2.45) is 0 Å². The molecule has 0 radical (unpaired) electrons. The molecule has 0 spiro atoms. The van der Waals surface area contributed by atoms with Gasteiger partial charge in [-0.3, -0.25) is 4.68 Å². The molecule has 0 aliphatic heterocycles. The van der Waals surface area contributed by atoms with Crippen molar-refractivity contribution in [3.05, 3.63) is 41.5 Å². The highest BCUT2D eigenvalue weighted by Crippen LogP contribution is 2.31. The van der Waals surface area contributed by atoms with Crippen molar-refractivity contribution in [1.29, 1.82) is 0 Å². The summed E-state index contributed by atoms with van der Waals surface area (Å²) in [5.41, 5.74) is 3.55. The van der Waals surface area contributed by atoms with Gasteiger partial charge >= 0.3 is 0 Å². The van der Waals surface area contributed by atoms with E-state index in [4.69, 9.17) is 5.10 Å². The van der Waals surface area contributed by atoms with Crippen LogP contribution in [0.3, 0.4) is 0 Å². The van der Waals surface area contributed by atoms with Gasteiger partial charge in [0.1, 0.15) is 0 Å². The molecule has 2 heterocycles. The Balaban J connectivity index is 1.51. The lowest BCUT2D eigenvalue weighted by molar-refractivity contribution is 0.157. The fraction of sp³-hybridized carbons (Fsp3) is 0.588. The SMILES string of the molecule is OC1CCCc2cn(Cc3ccn(C4CCCC4)n3)cc21. The number of aromatic nitrogens is 3. The van der Waals surface area contributed by atoms with Gasteiger partial charge < -0.3 is 9.67 Å². The summed E-state index contributed by atoms with van der Waals surface area (Å²) < 4.78 is 4.33. The first kappa shape index (κ1) is 13.1. The van der Waals surface area contributed by atoms with E-state index >= 15 is 0 Å². The first-order valence-corrected chi connectivity index (χ1v) is 8.20. The van der Waals surface area contributed by atoms with Crippen LogP contribution in [0.5, 0.6) is 0 Å². The Morgan fingerprint density at radius 3 is 2.81 bits per heavy atom. The second-order valence-electron chi connectivity index (χ2n) is 6.54. The van der Waals surface area contributed by atoms with Crippen LogP contribution < -0.4 is 0 Å². The van der Waals surface area contributed by atoms with Crippen molar-refractivity contribution in [3.63, 3.8) is 0 Å². The maximum absolute atomic E-state index is 10.1. The molecule has 1 atom stereocenters. The molecule has 2 aromatic rings. The predicted octanol–water partition coefficient (Wildman–Crippen LogP) is 3.22. The van der Waals surface area contributed by atoms with Crippen molar-refractivity contribution in [1.82, 2.24) is 14.3 Å². The van der Waals surface area contributed by atoms with Gasteiger partial charge in [0.05, 0.1) is 24.4 Å². The summed E-state index contributed by atoms with van der Waals surface area (Å²) in [6, 6.07) is 2.74. The highest BCUT2D eigenvalue weighted by atomic mass is 16.3. The zero-order chi connectivity index (χ0) is 14.2. The van der Waals surface area contributed by atoms with E-state index in [2.05, 4.69) is 33.9 Å². The second-order valence-corrected chi connectivity index (χ2v) is 6.54. The molecule has 2 aliphatic rings. The maximum atomic E-state index is 10.1. The van der Waals surface area contributed by atoms with Crippen LogP contribution in [-0.4, -0.2) is 19.5 Å². The molecule has 2 aliphatic carbocycles. The largest absolute Gasteiger partial charge is 0.388 e. The number of aliphatic hydroxyl groups excluding tert-OH is 1. The second kappa shape index (κ2) is 5.34. The summed E-state index contributed by atoms with van der Waals surface area (Å²) in [5.74, 6) is 0.